The van der Waals surface area contributed by atoms with Gasteiger partial charge in [0.15, 0.2) is 0 Å². The Bertz CT molecular complexity index is 396. The minimum atomic E-state index is -0.122. The van der Waals surface area contributed by atoms with Gasteiger partial charge in [0.25, 0.3) is 5.91 Å². The molecule has 0 aliphatic carbocycles. The molecule has 1 rings (SSSR count). The minimum Gasteiger partial charge on any atom is -0.369 e. The molecule has 2 N–H and O–H groups in total. The maximum Gasteiger partial charge on any atom is 0.252 e. The number of carbonyl (C=O) groups is 1. The molecule has 1 aromatic heterocycles. The second-order valence-electron chi connectivity index (χ2n) is 4.05. The number of aromatic nitrogens is 1. The first kappa shape index (κ1) is 14.8. The van der Waals surface area contributed by atoms with E-state index in [1.54, 1.807) is 12.3 Å². The highest BCUT2D eigenvalue weighted by Crippen LogP contribution is 2.19. The van der Waals surface area contributed by atoms with Crippen molar-refractivity contribution in [1.82, 2.24) is 10.3 Å². The van der Waals surface area contributed by atoms with Gasteiger partial charge >= 0.3 is 0 Å². The summed E-state index contributed by atoms with van der Waals surface area (Å²) >= 11 is 6.03. The summed E-state index contributed by atoms with van der Waals surface area (Å²) in [4.78, 5) is 15.9. The number of anilines is 1. The monoisotopic (exact) mass is 269 g/mol. The van der Waals surface area contributed by atoms with Crippen LogP contribution in [0.4, 0.5) is 5.82 Å². The summed E-state index contributed by atoms with van der Waals surface area (Å²) in [5.74, 6) is 0.491. The van der Waals surface area contributed by atoms with Gasteiger partial charge in [-0.3, -0.25) is 4.79 Å². The van der Waals surface area contributed by atoms with E-state index in [9.17, 15) is 4.79 Å². The molecule has 0 aromatic carbocycles. The Kier molecular flexibility index (Phi) is 6.50. The zero-order valence-electron chi connectivity index (χ0n) is 10.9. The normalized spacial score (nSPS) is 10.2. The quantitative estimate of drug-likeness (QED) is 0.748. The number of unbranched alkanes of at least 4 members (excludes halogenated alkanes) is 2. The lowest BCUT2D eigenvalue weighted by Gasteiger charge is -2.08. The maximum absolute atomic E-state index is 11.8. The average Bonchev–Trinajstić information content (AvgIpc) is 2.37. The van der Waals surface area contributed by atoms with Crippen LogP contribution in [0.3, 0.4) is 0 Å². The largest absolute Gasteiger partial charge is 0.369 e. The fourth-order valence-corrected chi connectivity index (χ4v) is 1.77. The van der Waals surface area contributed by atoms with E-state index in [0.29, 0.717) is 22.9 Å². The topological polar surface area (TPSA) is 54.0 Å². The molecule has 0 atom stereocenters. The van der Waals surface area contributed by atoms with Gasteiger partial charge in [-0.2, -0.15) is 0 Å². The molecule has 100 valence electrons. The van der Waals surface area contributed by atoms with Crippen molar-refractivity contribution in [2.24, 2.45) is 0 Å². The number of pyridine rings is 1. The molecule has 18 heavy (non-hydrogen) atoms. The van der Waals surface area contributed by atoms with Crippen molar-refractivity contribution >= 4 is 23.3 Å². The fourth-order valence-electron chi connectivity index (χ4n) is 1.54. The number of amides is 1. The Morgan fingerprint density at radius 3 is 2.78 bits per heavy atom. The number of nitrogens with one attached hydrogen (secondary N) is 2. The Morgan fingerprint density at radius 1 is 1.39 bits per heavy atom. The number of hydrogen-bond donors (Lipinski definition) is 2. The van der Waals surface area contributed by atoms with E-state index in [4.69, 9.17) is 11.6 Å². The van der Waals surface area contributed by atoms with Gasteiger partial charge in [0.2, 0.25) is 0 Å². The van der Waals surface area contributed by atoms with Gasteiger partial charge in [0, 0.05) is 19.3 Å². The average molecular weight is 270 g/mol. The molecule has 0 aliphatic rings. The van der Waals surface area contributed by atoms with Crippen molar-refractivity contribution in [1.29, 1.82) is 0 Å². The van der Waals surface area contributed by atoms with Crippen molar-refractivity contribution < 1.29 is 4.79 Å². The van der Waals surface area contributed by atoms with Crippen LogP contribution in [-0.2, 0) is 0 Å². The number of halogens is 1. The number of hydrogen-bond acceptors (Lipinski definition) is 3. The van der Waals surface area contributed by atoms with Crippen LogP contribution in [-0.4, -0.2) is 24.0 Å². The maximum atomic E-state index is 11.8. The molecular weight excluding hydrogens is 250 g/mol. The predicted octanol–water partition coefficient (Wildman–Crippen LogP) is 3.09. The lowest BCUT2D eigenvalue weighted by molar-refractivity contribution is 0.0952. The molecule has 4 nitrogen and oxygen atoms in total. The van der Waals surface area contributed by atoms with Crippen molar-refractivity contribution in [2.75, 3.05) is 18.4 Å². The fraction of sp³-hybridized carbons (Fsp3) is 0.538. The van der Waals surface area contributed by atoms with E-state index in [0.717, 1.165) is 25.8 Å². The molecule has 0 bridgehead atoms. The van der Waals surface area contributed by atoms with Gasteiger partial charge in [0.1, 0.15) is 5.82 Å². The van der Waals surface area contributed by atoms with Crippen molar-refractivity contribution in [2.45, 2.75) is 33.1 Å². The van der Waals surface area contributed by atoms with Gasteiger partial charge in [0.05, 0.1) is 10.6 Å². The smallest absolute Gasteiger partial charge is 0.252 e. The van der Waals surface area contributed by atoms with Crippen LogP contribution in [0.2, 0.25) is 5.02 Å². The first-order chi connectivity index (χ1) is 8.69. The molecule has 0 saturated heterocycles. The molecule has 0 fully saturated rings. The highest BCUT2D eigenvalue weighted by Gasteiger charge is 2.08. The van der Waals surface area contributed by atoms with Gasteiger partial charge in [-0.05, 0) is 19.4 Å². The SMILES string of the molecule is CCCCCNC(=O)c1cnc(NCC)c(Cl)c1. The Labute approximate surface area is 113 Å². The Morgan fingerprint density at radius 2 is 2.17 bits per heavy atom. The van der Waals surface area contributed by atoms with Crippen LogP contribution >= 0.6 is 11.6 Å². The van der Waals surface area contributed by atoms with E-state index < -0.39 is 0 Å². The molecular formula is C13H20ClN3O. The Hall–Kier alpha value is -1.29. The zero-order chi connectivity index (χ0) is 13.4. The summed E-state index contributed by atoms with van der Waals surface area (Å²) in [6.07, 6.45) is 4.80. The predicted molar refractivity (Wildman–Crippen MR) is 75.3 cm³/mol. The van der Waals surface area contributed by atoms with E-state index in [2.05, 4.69) is 22.5 Å². The minimum absolute atomic E-state index is 0.122. The third-order valence-corrected chi connectivity index (χ3v) is 2.80. The second kappa shape index (κ2) is 7.93. The van der Waals surface area contributed by atoms with Gasteiger partial charge in [-0.1, -0.05) is 31.4 Å². The third kappa shape index (κ3) is 4.53. The Balaban J connectivity index is 2.55. The van der Waals surface area contributed by atoms with E-state index >= 15 is 0 Å². The van der Waals surface area contributed by atoms with Gasteiger partial charge in [-0.15, -0.1) is 0 Å². The second-order valence-corrected chi connectivity index (χ2v) is 4.45. The van der Waals surface area contributed by atoms with Crippen LogP contribution in [0.5, 0.6) is 0 Å². The summed E-state index contributed by atoms with van der Waals surface area (Å²) in [6.45, 7) is 5.53. The lowest BCUT2D eigenvalue weighted by atomic mass is 10.2. The van der Waals surface area contributed by atoms with Crippen LogP contribution in [0.15, 0.2) is 12.3 Å². The molecule has 1 heterocycles. The molecule has 1 amide bonds. The number of rotatable bonds is 7. The molecule has 5 heteroatoms. The van der Waals surface area contributed by atoms with Crippen LogP contribution in [0.25, 0.3) is 0 Å². The van der Waals surface area contributed by atoms with Crippen LogP contribution < -0.4 is 10.6 Å². The molecule has 0 aliphatic heterocycles. The number of carbonyl (C=O) groups excluding carboxylic acids is 1. The van der Waals surface area contributed by atoms with Crippen LogP contribution in [0, 0.1) is 0 Å². The third-order valence-electron chi connectivity index (χ3n) is 2.51. The standard InChI is InChI=1S/C13H20ClN3O/c1-3-5-6-7-16-13(18)10-8-11(14)12(15-4-2)17-9-10/h8-9H,3-7H2,1-2H3,(H,15,17)(H,16,18). The molecule has 1 aromatic rings. The molecule has 0 spiro atoms. The summed E-state index contributed by atoms with van der Waals surface area (Å²) in [5.41, 5.74) is 0.498. The summed E-state index contributed by atoms with van der Waals surface area (Å²) in [7, 11) is 0. The molecule has 0 unspecified atom stereocenters. The summed E-state index contributed by atoms with van der Waals surface area (Å²) in [6, 6.07) is 1.64. The molecule has 0 saturated carbocycles. The van der Waals surface area contributed by atoms with Crippen molar-refractivity contribution in [3.8, 4) is 0 Å². The van der Waals surface area contributed by atoms with Crippen molar-refractivity contribution in [3.05, 3.63) is 22.8 Å². The highest BCUT2D eigenvalue weighted by molar-refractivity contribution is 6.33. The van der Waals surface area contributed by atoms with E-state index in [-0.39, 0.29) is 5.91 Å². The summed E-state index contributed by atoms with van der Waals surface area (Å²) in [5, 5.41) is 6.35. The summed E-state index contributed by atoms with van der Waals surface area (Å²) < 4.78 is 0. The van der Waals surface area contributed by atoms with E-state index in [1.807, 2.05) is 6.92 Å². The first-order valence-corrected chi connectivity index (χ1v) is 6.74. The van der Waals surface area contributed by atoms with E-state index in [1.165, 1.54) is 0 Å². The van der Waals surface area contributed by atoms with Crippen molar-refractivity contribution in [3.63, 3.8) is 0 Å². The molecule has 0 radical (unpaired) electrons. The van der Waals surface area contributed by atoms with Gasteiger partial charge in [-0.25, -0.2) is 4.98 Å². The highest BCUT2D eigenvalue weighted by atomic mass is 35.5. The first-order valence-electron chi connectivity index (χ1n) is 6.36. The van der Waals surface area contributed by atoms with Crippen LogP contribution in [0.1, 0.15) is 43.5 Å². The number of nitrogens with zero attached hydrogens (tertiary/aromatic N) is 1. The lowest BCUT2D eigenvalue weighted by Crippen LogP contribution is -2.24. The zero-order valence-corrected chi connectivity index (χ0v) is 11.7. The van der Waals surface area contributed by atoms with Gasteiger partial charge < -0.3 is 10.6 Å².